The summed E-state index contributed by atoms with van der Waals surface area (Å²) in [5.41, 5.74) is 2.51. The molecule has 0 radical (unpaired) electrons. The highest BCUT2D eigenvalue weighted by Gasteiger charge is 2.14. The predicted octanol–water partition coefficient (Wildman–Crippen LogP) is 1.35. The average molecular weight is 289 g/mol. The number of nitrogens with one attached hydrogen (secondary N) is 1. The summed E-state index contributed by atoms with van der Waals surface area (Å²) in [6.45, 7) is 0.662. The highest BCUT2D eigenvalue weighted by Crippen LogP contribution is 2.28. The lowest BCUT2D eigenvalue weighted by molar-refractivity contribution is 0.757. The first-order valence-corrected chi connectivity index (χ1v) is 6.96. The van der Waals surface area contributed by atoms with Crippen molar-refractivity contribution in [3.63, 3.8) is 0 Å². The lowest BCUT2D eigenvalue weighted by atomic mass is 10.3. The van der Waals surface area contributed by atoms with Gasteiger partial charge >= 0.3 is 0 Å². The summed E-state index contributed by atoms with van der Waals surface area (Å²) in [4.78, 5) is 16.1. The normalized spacial score (nSPS) is 10.9. The first-order chi connectivity index (χ1) is 9.69. The molecule has 0 saturated carbocycles. The molecule has 0 aliphatic carbocycles. The summed E-state index contributed by atoms with van der Waals surface area (Å²) in [7, 11) is 3.96. The molecule has 0 bridgehead atoms. The number of hydrogen-bond acceptors (Lipinski definition) is 7. The second-order valence-corrected chi connectivity index (χ2v) is 5.36. The summed E-state index contributed by atoms with van der Waals surface area (Å²) in [6, 6.07) is 2.02. The maximum atomic E-state index is 5.43. The van der Waals surface area contributed by atoms with Gasteiger partial charge < -0.3 is 9.47 Å². The molecular weight excluding hydrogens is 274 g/mol. The van der Waals surface area contributed by atoms with E-state index >= 15 is 0 Å². The molecule has 0 fully saturated rings. The first kappa shape index (κ1) is 12.8. The average Bonchev–Trinajstić information content (AvgIpc) is 3.06. The largest absolute Gasteiger partial charge is 0.351 e. The zero-order chi connectivity index (χ0) is 14.1. The Bertz CT molecular complexity index is 732. The van der Waals surface area contributed by atoms with Gasteiger partial charge in [-0.3, -0.25) is 5.43 Å². The molecule has 3 heterocycles. The molecule has 0 aliphatic heterocycles. The van der Waals surface area contributed by atoms with Crippen molar-refractivity contribution < 1.29 is 0 Å². The summed E-state index contributed by atoms with van der Waals surface area (Å²) in [6.07, 6.45) is 3.71. The molecule has 3 rings (SSSR count). The second kappa shape index (κ2) is 5.06. The van der Waals surface area contributed by atoms with Gasteiger partial charge in [0.25, 0.3) is 0 Å². The van der Waals surface area contributed by atoms with Crippen LogP contribution in [0.1, 0.15) is 5.82 Å². The van der Waals surface area contributed by atoms with Crippen molar-refractivity contribution in [3.05, 3.63) is 29.7 Å². The zero-order valence-corrected chi connectivity index (χ0v) is 12.1. The molecule has 0 aromatic carbocycles. The number of aromatic nitrogens is 4. The fourth-order valence-corrected chi connectivity index (χ4v) is 2.79. The van der Waals surface area contributed by atoms with Crippen LogP contribution in [0, 0.1) is 0 Å². The fourth-order valence-electron chi connectivity index (χ4n) is 2.03. The van der Waals surface area contributed by atoms with Gasteiger partial charge in [-0.05, 0) is 11.4 Å². The van der Waals surface area contributed by atoms with Gasteiger partial charge in [-0.1, -0.05) is 0 Å². The summed E-state index contributed by atoms with van der Waals surface area (Å²) < 4.78 is 1.99. The zero-order valence-electron chi connectivity index (χ0n) is 11.2. The number of fused-ring (bicyclic) bond motifs is 1. The van der Waals surface area contributed by atoms with Crippen molar-refractivity contribution in [1.29, 1.82) is 0 Å². The third-order valence-corrected chi connectivity index (χ3v) is 3.90. The monoisotopic (exact) mass is 289 g/mol. The quantitative estimate of drug-likeness (QED) is 0.557. The van der Waals surface area contributed by atoms with Gasteiger partial charge in [0, 0.05) is 26.5 Å². The predicted molar refractivity (Wildman–Crippen MR) is 80.5 cm³/mol. The van der Waals surface area contributed by atoms with Crippen molar-refractivity contribution in [1.82, 2.24) is 19.5 Å². The maximum absolute atomic E-state index is 5.43. The van der Waals surface area contributed by atoms with Crippen LogP contribution in [0.25, 0.3) is 10.2 Å². The number of rotatable bonds is 4. The Morgan fingerprint density at radius 3 is 3.00 bits per heavy atom. The lowest BCUT2D eigenvalue weighted by Crippen LogP contribution is -2.21. The number of nitrogens with two attached hydrogens (primary N) is 1. The van der Waals surface area contributed by atoms with Crippen molar-refractivity contribution in [2.45, 2.75) is 6.54 Å². The summed E-state index contributed by atoms with van der Waals surface area (Å²) >= 11 is 1.57. The van der Waals surface area contributed by atoms with Gasteiger partial charge in [0.15, 0.2) is 0 Å². The van der Waals surface area contributed by atoms with Gasteiger partial charge in [-0.25, -0.2) is 15.8 Å². The van der Waals surface area contributed by atoms with Crippen LogP contribution < -0.4 is 16.2 Å². The molecule has 20 heavy (non-hydrogen) atoms. The fraction of sp³-hybridized carbons (Fsp3) is 0.250. The summed E-state index contributed by atoms with van der Waals surface area (Å²) in [5.74, 6) is 7.66. The Balaban J connectivity index is 2.00. The van der Waals surface area contributed by atoms with Crippen molar-refractivity contribution in [2.75, 3.05) is 17.4 Å². The highest BCUT2D eigenvalue weighted by molar-refractivity contribution is 7.16. The number of nitrogen functional groups attached to an aromatic ring is 1. The van der Waals surface area contributed by atoms with E-state index in [0.29, 0.717) is 12.5 Å². The van der Waals surface area contributed by atoms with Crippen LogP contribution in [-0.2, 0) is 13.6 Å². The molecule has 7 nitrogen and oxygen atoms in total. The van der Waals surface area contributed by atoms with Gasteiger partial charge in [-0.2, -0.15) is 4.98 Å². The number of aryl methyl sites for hydroxylation is 1. The molecule has 8 heteroatoms. The molecule has 3 N–H and O–H groups in total. The van der Waals surface area contributed by atoms with E-state index in [4.69, 9.17) is 5.84 Å². The molecule has 104 valence electrons. The Kier molecular flexibility index (Phi) is 3.25. The molecule has 0 aliphatic rings. The second-order valence-electron chi connectivity index (χ2n) is 4.47. The highest BCUT2D eigenvalue weighted by atomic mass is 32.1. The van der Waals surface area contributed by atoms with Gasteiger partial charge in [0.2, 0.25) is 5.95 Å². The molecule has 3 aromatic heterocycles. The van der Waals surface area contributed by atoms with Crippen molar-refractivity contribution in [2.24, 2.45) is 12.9 Å². The number of hydrazine groups is 1. The standard InChI is InChI=1S/C12H15N7S/c1-18-5-4-14-9(18)7-19(2)10-8-3-6-20-11(8)16-12(15-10)17-13/h3-6H,7,13H2,1-2H3,(H,15,16,17). The van der Waals surface area contributed by atoms with Crippen LogP contribution in [0.15, 0.2) is 23.8 Å². The van der Waals surface area contributed by atoms with E-state index in [-0.39, 0.29) is 0 Å². The topological polar surface area (TPSA) is 84.9 Å². The number of hydrogen-bond donors (Lipinski definition) is 2. The Hall–Kier alpha value is -2.19. The Morgan fingerprint density at radius 2 is 2.30 bits per heavy atom. The lowest BCUT2D eigenvalue weighted by Gasteiger charge is -2.19. The molecule has 3 aromatic rings. The van der Waals surface area contributed by atoms with Crippen LogP contribution in [0.5, 0.6) is 0 Å². The number of imidazole rings is 1. The molecule has 0 spiro atoms. The number of thiophene rings is 1. The first-order valence-electron chi connectivity index (χ1n) is 6.08. The minimum atomic E-state index is 0.418. The third kappa shape index (κ3) is 2.19. The van der Waals surface area contributed by atoms with Gasteiger partial charge in [-0.15, -0.1) is 11.3 Å². The van der Waals surface area contributed by atoms with Crippen molar-refractivity contribution >= 4 is 33.3 Å². The van der Waals surface area contributed by atoms with E-state index in [1.54, 1.807) is 17.5 Å². The van der Waals surface area contributed by atoms with Crippen LogP contribution >= 0.6 is 11.3 Å². The van der Waals surface area contributed by atoms with E-state index in [0.717, 1.165) is 21.9 Å². The van der Waals surface area contributed by atoms with Gasteiger partial charge in [0.05, 0.1) is 11.9 Å². The van der Waals surface area contributed by atoms with E-state index < -0.39 is 0 Å². The van der Waals surface area contributed by atoms with E-state index in [9.17, 15) is 0 Å². The Labute approximate surface area is 120 Å². The maximum Gasteiger partial charge on any atom is 0.240 e. The van der Waals surface area contributed by atoms with E-state index in [2.05, 4.69) is 20.4 Å². The minimum absolute atomic E-state index is 0.418. The minimum Gasteiger partial charge on any atom is -0.351 e. The van der Waals surface area contributed by atoms with Crippen LogP contribution in [0.3, 0.4) is 0 Å². The SMILES string of the molecule is CN(Cc1nccn1C)c1nc(NN)nc2sccc12. The van der Waals surface area contributed by atoms with Crippen LogP contribution in [-0.4, -0.2) is 26.6 Å². The number of anilines is 2. The third-order valence-electron chi connectivity index (χ3n) is 3.10. The number of nitrogens with zero attached hydrogens (tertiary/aromatic N) is 5. The smallest absolute Gasteiger partial charge is 0.240 e. The molecular formula is C12H15N7S. The molecule has 0 atom stereocenters. The Morgan fingerprint density at radius 1 is 1.45 bits per heavy atom. The van der Waals surface area contributed by atoms with E-state index in [1.807, 2.05) is 41.2 Å². The molecule has 0 unspecified atom stereocenters. The van der Waals surface area contributed by atoms with E-state index in [1.165, 1.54) is 0 Å². The van der Waals surface area contributed by atoms with Crippen molar-refractivity contribution in [3.8, 4) is 0 Å². The van der Waals surface area contributed by atoms with Crippen LogP contribution in [0.4, 0.5) is 11.8 Å². The summed E-state index contributed by atoms with van der Waals surface area (Å²) in [5, 5.41) is 3.02. The molecule has 0 saturated heterocycles. The van der Waals surface area contributed by atoms with Gasteiger partial charge in [0.1, 0.15) is 16.5 Å². The molecule has 0 amide bonds. The van der Waals surface area contributed by atoms with Crippen LogP contribution in [0.2, 0.25) is 0 Å².